The summed E-state index contributed by atoms with van der Waals surface area (Å²) < 4.78 is 2.03. The van der Waals surface area contributed by atoms with E-state index in [0.717, 1.165) is 5.56 Å². The molecule has 0 atom stereocenters. The van der Waals surface area contributed by atoms with Crippen LogP contribution in [0.3, 0.4) is 0 Å². The molecule has 21 heavy (non-hydrogen) atoms. The third-order valence-electron chi connectivity index (χ3n) is 2.60. The predicted octanol–water partition coefficient (Wildman–Crippen LogP) is 1.22. The molecule has 0 aliphatic rings. The van der Waals surface area contributed by atoms with Gasteiger partial charge in [0.05, 0.1) is 5.56 Å². The van der Waals surface area contributed by atoms with Crippen molar-refractivity contribution in [2.45, 2.75) is 10.9 Å². The summed E-state index contributed by atoms with van der Waals surface area (Å²) in [5.41, 5.74) is -0.569. The van der Waals surface area contributed by atoms with Crippen molar-refractivity contribution in [3.8, 4) is 0 Å². The molecule has 0 radical (unpaired) electrons. The number of carboxylic acid groups (broad SMARTS) is 1. The number of carbonyl (C=O) groups is 1. The van der Waals surface area contributed by atoms with Gasteiger partial charge in [-0.2, -0.15) is 4.98 Å². The number of benzene rings is 1. The molecular formula is C12H10BrN3O4S. The van der Waals surface area contributed by atoms with Crippen LogP contribution in [0.2, 0.25) is 0 Å². The van der Waals surface area contributed by atoms with Crippen molar-refractivity contribution in [1.82, 2.24) is 14.8 Å². The normalized spacial score (nSPS) is 10.6. The van der Waals surface area contributed by atoms with E-state index < -0.39 is 17.1 Å². The zero-order chi connectivity index (χ0) is 15.6. The van der Waals surface area contributed by atoms with Gasteiger partial charge in [0, 0.05) is 17.3 Å². The molecule has 0 unspecified atom stereocenters. The Bertz CT molecular complexity index is 815. The average molecular weight is 372 g/mol. The topological polar surface area (TPSA) is 105 Å². The molecule has 1 aromatic carbocycles. The van der Waals surface area contributed by atoms with Crippen LogP contribution in [0.15, 0.2) is 37.4 Å². The molecule has 0 saturated heterocycles. The van der Waals surface area contributed by atoms with E-state index in [1.54, 1.807) is 13.1 Å². The Labute approximate surface area is 131 Å². The number of halogens is 1. The highest BCUT2D eigenvalue weighted by atomic mass is 79.9. The average Bonchev–Trinajstić information content (AvgIpc) is 2.42. The van der Waals surface area contributed by atoms with Gasteiger partial charge in [-0.15, -0.1) is 0 Å². The second-order valence-corrected chi connectivity index (χ2v) is 5.90. The third-order valence-corrected chi connectivity index (χ3v) is 4.42. The molecule has 1 aromatic heterocycles. The summed E-state index contributed by atoms with van der Waals surface area (Å²) >= 11 is 4.57. The molecule has 0 aliphatic carbocycles. The van der Waals surface area contributed by atoms with Crippen LogP contribution in [0, 0.1) is 0 Å². The van der Waals surface area contributed by atoms with Gasteiger partial charge in [-0.25, -0.2) is 4.79 Å². The van der Waals surface area contributed by atoms with E-state index in [1.807, 2.05) is 0 Å². The molecule has 0 spiro atoms. The van der Waals surface area contributed by atoms with Gasteiger partial charge in [-0.1, -0.05) is 33.8 Å². The van der Waals surface area contributed by atoms with Crippen molar-refractivity contribution < 1.29 is 9.90 Å². The molecule has 2 aromatic rings. The summed E-state index contributed by atoms with van der Waals surface area (Å²) in [5, 5.41) is 11.6. The fourth-order valence-corrected chi connectivity index (χ4v) is 3.16. The minimum Gasteiger partial charge on any atom is -0.478 e. The number of nitrogens with zero attached hydrogens (tertiary/aromatic N) is 2. The van der Waals surface area contributed by atoms with Crippen molar-refractivity contribution in [3.63, 3.8) is 0 Å². The molecule has 2 rings (SSSR count). The monoisotopic (exact) mass is 371 g/mol. The Hall–Kier alpha value is -1.87. The molecule has 0 bridgehead atoms. The van der Waals surface area contributed by atoms with Crippen LogP contribution in [-0.4, -0.2) is 25.8 Å². The lowest BCUT2D eigenvalue weighted by atomic mass is 10.1. The molecule has 0 aliphatic heterocycles. The number of nitrogens with one attached hydrogen (secondary N) is 1. The number of carboxylic acids is 1. The number of rotatable bonds is 4. The van der Waals surface area contributed by atoms with E-state index in [2.05, 4.69) is 26.0 Å². The number of aromatic nitrogens is 3. The minimum absolute atomic E-state index is 0.185. The first-order valence-electron chi connectivity index (χ1n) is 5.70. The SMILES string of the molecule is Cn1[nH]c(=O)c(=O)nc1SCc1ccc(C(=O)O)cc1Br. The van der Waals surface area contributed by atoms with Gasteiger partial charge < -0.3 is 5.11 Å². The number of aryl methyl sites for hydroxylation is 1. The summed E-state index contributed by atoms with van der Waals surface area (Å²) in [6, 6.07) is 4.70. The predicted molar refractivity (Wildman–Crippen MR) is 80.8 cm³/mol. The number of hydrogen-bond acceptors (Lipinski definition) is 5. The second-order valence-electron chi connectivity index (χ2n) is 4.10. The molecule has 1 heterocycles. The smallest absolute Gasteiger partial charge is 0.339 e. The number of aromatic carboxylic acids is 1. The Kier molecular flexibility index (Phi) is 4.63. The molecule has 110 valence electrons. The van der Waals surface area contributed by atoms with Crippen LogP contribution in [0.1, 0.15) is 15.9 Å². The minimum atomic E-state index is -1.00. The summed E-state index contributed by atoms with van der Waals surface area (Å²) in [6.45, 7) is 0. The Morgan fingerprint density at radius 3 is 2.81 bits per heavy atom. The van der Waals surface area contributed by atoms with E-state index in [9.17, 15) is 14.4 Å². The molecule has 2 N–H and O–H groups in total. The van der Waals surface area contributed by atoms with Crippen LogP contribution in [-0.2, 0) is 12.8 Å². The van der Waals surface area contributed by atoms with Gasteiger partial charge >= 0.3 is 17.1 Å². The maximum atomic E-state index is 11.2. The van der Waals surface area contributed by atoms with Crippen LogP contribution < -0.4 is 11.1 Å². The maximum Gasteiger partial charge on any atom is 0.339 e. The highest BCUT2D eigenvalue weighted by molar-refractivity contribution is 9.10. The number of H-pyrrole nitrogens is 1. The van der Waals surface area contributed by atoms with Crippen molar-refractivity contribution >= 4 is 33.7 Å². The number of aromatic amines is 1. The van der Waals surface area contributed by atoms with Gasteiger partial charge in [-0.05, 0) is 17.7 Å². The summed E-state index contributed by atoms with van der Waals surface area (Å²) in [4.78, 5) is 36.9. The van der Waals surface area contributed by atoms with Gasteiger partial charge in [0.15, 0.2) is 5.16 Å². The summed E-state index contributed by atoms with van der Waals surface area (Å²) in [5.74, 6) is -0.535. The quantitative estimate of drug-likeness (QED) is 0.618. The zero-order valence-corrected chi connectivity index (χ0v) is 13.2. The van der Waals surface area contributed by atoms with E-state index in [-0.39, 0.29) is 5.56 Å². The van der Waals surface area contributed by atoms with Crippen molar-refractivity contribution in [2.75, 3.05) is 0 Å². The first-order valence-corrected chi connectivity index (χ1v) is 7.48. The molecule has 0 saturated carbocycles. The fourth-order valence-electron chi connectivity index (χ4n) is 1.53. The molecule has 0 fully saturated rings. The van der Waals surface area contributed by atoms with Gasteiger partial charge in [0.25, 0.3) is 0 Å². The molecular weight excluding hydrogens is 362 g/mol. The highest BCUT2D eigenvalue weighted by Crippen LogP contribution is 2.25. The van der Waals surface area contributed by atoms with E-state index in [0.29, 0.717) is 15.4 Å². The zero-order valence-electron chi connectivity index (χ0n) is 10.8. The summed E-state index contributed by atoms with van der Waals surface area (Å²) in [6.07, 6.45) is 0. The van der Waals surface area contributed by atoms with Crippen molar-refractivity contribution in [2.24, 2.45) is 7.05 Å². The Morgan fingerprint density at radius 2 is 2.19 bits per heavy atom. The van der Waals surface area contributed by atoms with E-state index in [1.165, 1.54) is 28.6 Å². The fraction of sp³-hybridized carbons (Fsp3) is 0.167. The molecule has 7 nitrogen and oxygen atoms in total. The maximum absolute atomic E-state index is 11.2. The van der Waals surface area contributed by atoms with Crippen LogP contribution in [0.5, 0.6) is 0 Å². The van der Waals surface area contributed by atoms with Gasteiger partial charge in [0.1, 0.15) is 0 Å². The van der Waals surface area contributed by atoms with Crippen LogP contribution >= 0.6 is 27.7 Å². The van der Waals surface area contributed by atoms with Crippen molar-refractivity contribution in [1.29, 1.82) is 0 Å². The van der Waals surface area contributed by atoms with E-state index in [4.69, 9.17) is 5.11 Å². The lowest BCUT2D eigenvalue weighted by molar-refractivity contribution is 0.0697. The first kappa shape index (κ1) is 15.5. The van der Waals surface area contributed by atoms with Crippen molar-refractivity contribution in [3.05, 3.63) is 54.5 Å². The Morgan fingerprint density at radius 1 is 1.48 bits per heavy atom. The van der Waals surface area contributed by atoms with Gasteiger partial charge in [0.2, 0.25) is 0 Å². The summed E-state index contributed by atoms with van der Waals surface area (Å²) in [7, 11) is 1.58. The highest BCUT2D eigenvalue weighted by Gasteiger charge is 2.09. The largest absolute Gasteiger partial charge is 0.478 e. The number of hydrogen-bond donors (Lipinski definition) is 2. The van der Waals surface area contributed by atoms with Crippen LogP contribution in [0.25, 0.3) is 0 Å². The standard InChI is InChI=1S/C12H10BrN3O4S/c1-16-12(14-9(17)10(18)15-16)21-5-7-3-2-6(11(19)20)4-8(7)13/h2-4H,5H2,1H3,(H,15,18)(H,19,20). The molecule has 0 amide bonds. The number of thioether (sulfide) groups is 1. The van der Waals surface area contributed by atoms with E-state index >= 15 is 0 Å². The van der Waals surface area contributed by atoms with Crippen LogP contribution in [0.4, 0.5) is 0 Å². The first-order chi connectivity index (χ1) is 9.88. The van der Waals surface area contributed by atoms with Gasteiger partial charge in [-0.3, -0.25) is 19.4 Å². The second kappa shape index (κ2) is 6.27. The lowest BCUT2D eigenvalue weighted by Crippen LogP contribution is -2.33. The Balaban J connectivity index is 2.21. The molecule has 9 heteroatoms. The lowest BCUT2D eigenvalue weighted by Gasteiger charge is -2.07. The third kappa shape index (κ3) is 3.61.